The molecule has 1 aliphatic heterocycles. The first-order valence-electron chi connectivity index (χ1n) is 8.31. The van der Waals surface area contributed by atoms with E-state index in [1.807, 2.05) is 6.92 Å². The molecule has 0 aromatic heterocycles. The number of aliphatic hydroxyl groups is 1. The molecule has 1 aromatic carbocycles. The van der Waals surface area contributed by atoms with Crippen LogP contribution in [0.2, 0.25) is 10.0 Å². The van der Waals surface area contributed by atoms with Gasteiger partial charge in [0.15, 0.2) is 6.10 Å². The number of carbonyl (C=O) groups excluding carboxylic acids is 1. The molecule has 1 amide bonds. The van der Waals surface area contributed by atoms with Crippen molar-refractivity contribution in [3.05, 3.63) is 28.2 Å². The van der Waals surface area contributed by atoms with Crippen molar-refractivity contribution in [2.75, 3.05) is 0 Å². The maximum Gasteiger partial charge on any atom is 0.438 e. The number of rotatable bonds is 6. The average Bonchev–Trinajstić information content (AvgIpc) is 2.92. The summed E-state index contributed by atoms with van der Waals surface area (Å²) in [7, 11) is 0. The Morgan fingerprint density at radius 2 is 2.11 bits per heavy atom. The lowest BCUT2D eigenvalue weighted by Crippen LogP contribution is -2.58. The minimum absolute atomic E-state index is 0.0758. The zero-order valence-corrected chi connectivity index (χ0v) is 16.2. The summed E-state index contributed by atoms with van der Waals surface area (Å²) in [5, 5.41) is 14.5. The number of halogens is 5. The molecule has 0 fully saturated rings. The lowest BCUT2D eigenvalue weighted by atomic mass is 10.0. The number of carbonyl (C=O) groups is 1. The zero-order valence-electron chi connectivity index (χ0n) is 14.7. The van der Waals surface area contributed by atoms with Crippen LogP contribution in [0.3, 0.4) is 0 Å². The van der Waals surface area contributed by atoms with Gasteiger partial charge in [0.05, 0.1) is 5.02 Å². The van der Waals surface area contributed by atoms with E-state index in [1.54, 1.807) is 0 Å². The number of hydrogen-bond donors (Lipinski definition) is 1. The first-order chi connectivity index (χ1) is 12.5. The van der Waals surface area contributed by atoms with Gasteiger partial charge in [0, 0.05) is 17.2 Å². The van der Waals surface area contributed by atoms with E-state index in [0.29, 0.717) is 11.4 Å². The van der Waals surface area contributed by atoms with Crippen LogP contribution in [0, 0.1) is 0 Å². The first kappa shape index (κ1) is 21.8. The van der Waals surface area contributed by atoms with E-state index in [0.717, 1.165) is 6.42 Å². The van der Waals surface area contributed by atoms with Gasteiger partial charge in [-0.05, 0) is 38.0 Å². The Hall–Kier alpha value is -1.51. The fraction of sp³-hybridized carbons (Fsp3) is 0.529. The molecule has 1 aromatic rings. The smallest absolute Gasteiger partial charge is 0.438 e. The van der Waals surface area contributed by atoms with Crippen LogP contribution >= 0.6 is 23.2 Å². The van der Waals surface area contributed by atoms with Crippen molar-refractivity contribution in [2.24, 2.45) is 5.10 Å². The fourth-order valence-electron chi connectivity index (χ4n) is 2.57. The Morgan fingerprint density at radius 1 is 1.44 bits per heavy atom. The highest BCUT2D eigenvalue weighted by atomic mass is 35.5. The van der Waals surface area contributed by atoms with Crippen LogP contribution in [0.4, 0.5) is 13.2 Å². The molecule has 5 nitrogen and oxygen atoms in total. The molecule has 0 aliphatic carbocycles. The molecule has 1 N–H and O–H groups in total. The molecule has 2 atom stereocenters. The Balaban J connectivity index is 2.25. The minimum Gasteiger partial charge on any atom is -0.479 e. The molecular weight excluding hydrogens is 408 g/mol. The largest absolute Gasteiger partial charge is 0.479 e. The van der Waals surface area contributed by atoms with Gasteiger partial charge in [0.2, 0.25) is 0 Å². The highest BCUT2D eigenvalue weighted by molar-refractivity contribution is 6.35. The number of amides is 1. The van der Waals surface area contributed by atoms with Crippen molar-refractivity contribution in [1.29, 1.82) is 0 Å². The quantitative estimate of drug-likeness (QED) is 0.710. The molecular formula is C17H19Cl2F3N2O3. The Bertz CT molecular complexity index is 743. The van der Waals surface area contributed by atoms with Crippen LogP contribution in [0.1, 0.15) is 39.5 Å². The van der Waals surface area contributed by atoms with Crippen LogP contribution in [0.5, 0.6) is 5.75 Å². The van der Waals surface area contributed by atoms with E-state index in [1.165, 1.54) is 25.1 Å². The van der Waals surface area contributed by atoms with Gasteiger partial charge in [0.25, 0.3) is 11.6 Å². The molecule has 10 heteroatoms. The van der Waals surface area contributed by atoms with Gasteiger partial charge in [-0.25, -0.2) is 0 Å². The number of benzene rings is 1. The van der Waals surface area contributed by atoms with Crippen LogP contribution in [-0.2, 0) is 4.79 Å². The third-order valence-corrected chi connectivity index (χ3v) is 4.60. The summed E-state index contributed by atoms with van der Waals surface area (Å²) in [6, 6.07) is 4.23. The van der Waals surface area contributed by atoms with Gasteiger partial charge in [-0.1, -0.05) is 36.5 Å². The maximum atomic E-state index is 13.5. The third kappa shape index (κ3) is 4.67. The molecule has 27 heavy (non-hydrogen) atoms. The highest BCUT2D eigenvalue weighted by Gasteiger charge is 2.63. The predicted molar refractivity (Wildman–Crippen MR) is 96.0 cm³/mol. The normalized spacial score (nSPS) is 21.2. The lowest BCUT2D eigenvalue weighted by Gasteiger charge is -2.33. The third-order valence-electron chi connectivity index (χ3n) is 4.07. The van der Waals surface area contributed by atoms with Gasteiger partial charge in [-0.15, -0.1) is 0 Å². The molecule has 0 saturated heterocycles. The standard InChI is InChI=1S/C17H19Cl2F3N2O3/c1-3-4-5-12-9-16(26,17(20,21)22)24(23-12)15(25)10(2)27-14-7-6-11(18)8-13(14)19/h6-8,10,26H,3-5,9H2,1-2H3/t10-,16-/m0/s1. The number of nitrogens with zero attached hydrogens (tertiary/aromatic N) is 2. The van der Waals surface area contributed by atoms with Crippen molar-refractivity contribution in [1.82, 2.24) is 5.01 Å². The predicted octanol–water partition coefficient (Wildman–Crippen LogP) is 4.79. The van der Waals surface area contributed by atoms with E-state index >= 15 is 0 Å². The van der Waals surface area contributed by atoms with Crippen molar-refractivity contribution in [3.8, 4) is 5.75 Å². The number of ether oxygens (including phenoxy) is 1. The van der Waals surface area contributed by atoms with Crippen molar-refractivity contribution >= 4 is 34.8 Å². The van der Waals surface area contributed by atoms with Crippen LogP contribution in [-0.4, -0.2) is 39.7 Å². The molecule has 0 bridgehead atoms. The number of unbranched alkanes of at least 4 members (excludes halogenated alkanes) is 1. The highest BCUT2D eigenvalue weighted by Crippen LogP contribution is 2.41. The molecule has 1 aliphatic rings. The second kappa shape index (κ2) is 8.24. The van der Waals surface area contributed by atoms with Crippen molar-refractivity contribution < 1.29 is 27.8 Å². The zero-order chi connectivity index (χ0) is 20.4. The van der Waals surface area contributed by atoms with Gasteiger partial charge < -0.3 is 9.84 Å². The summed E-state index contributed by atoms with van der Waals surface area (Å²) in [6.45, 7) is 3.13. The summed E-state index contributed by atoms with van der Waals surface area (Å²) in [5.74, 6) is -1.06. The molecule has 2 rings (SSSR count). The Labute approximate surface area is 164 Å². The molecule has 150 valence electrons. The number of hydrogen-bond acceptors (Lipinski definition) is 4. The van der Waals surface area contributed by atoms with E-state index in [2.05, 4.69) is 5.10 Å². The fourth-order valence-corrected chi connectivity index (χ4v) is 3.03. The summed E-state index contributed by atoms with van der Waals surface area (Å²) in [6.07, 6.45) is -5.62. The van der Waals surface area contributed by atoms with Crippen molar-refractivity contribution in [3.63, 3.8) is 0 Å². The second-order valence-corrected chi connectivity index (χ2v) is 7.09. The lowest BCUT2D eigenvalue weighted by molar-refractivity contribution is -0.303. The van der Waals surface area contributed by atoms with Crippen molar-refractivity contribution in [2.45, 2.75) is 57.5 Å². The van der Waals surface area contributed by atoms with Crippen LogP contribution in [0.15, 0.2) is 23.3 Å². The van der Waals surface area contributed by atoms with Gasteiger partial charge in [-0.2, -0.15) is 23.3 Å². The van der Waals surface area contributed by atoms with Crippen LogP contribution < -0.4 is 4.74 Å². The van der Waals surface area contributed by atoms with Crippen LogP contribution in [0.25, 0.3) is 0 Å². The summed E-state index contributed by atoms with van der Waals surface area (Å²) < 4.78 is 45.7. The average molecular weight is 427 g/mol. The number of hydrazone groups is 1. The molecule has 0 saturated carbocycles. The summed E-state index contributed by atoms with van der Waals surface area (Å²) in [5.41, 5.74) is -3.28. The monoisotopic (exact) mass is 426 g/mol. The summed E-state index contributed by atoms with van der Waals surface area (Å²) in [4.78, 5) is 12.6. The Morgan fingerprint density at radius 3 is 2.67 bits per heavy atom. The first-order valence-corrected chi connectivity index (χ1v) is 9.06. The molecule has 0 spiro atoms. The van der Waals surface area contributed by atoms with Gasteiger partial charge in [0.1, 0.15) is 5.75 Å². The minimum atomic E-state index is -5.07. The topological polar surface area (TPSA) is 62.1 Å². The molecule has 1 heterocycles. The SMILES string of the molecule is CCCCC1=NN(C(=O)[C@H](C)Oc2ccc(Cl)cc2Cl)[C@@](O)(C(F)(F)F)C1. The second-order valence-electron chi connectivity index (χ2n) is 6.25. The van der Waals surface area contributed by atoms with E-state index < -0.39 is 30.3 Å². The molecule has 0 radical (unpaired) electrons. The summed E-state index contributed by atoms with van der Waals surface area (Å²) >= 11 is 11.7. The van der Waals surface area contributed by atoms with Gasteiger partial charge in [-0.3, -0.25) is 4.79 Å². The van der Waals surface area contributed by atoms with Gasteiger partial charge >= 0.3 is 6.18 Å². The maximum absolute atomic E-state index is 13.5. The van der Waals surface area contributed by atoms with E-state index in [4.69, 9.17) is 27.9 Å². The number of alkyl halides is 3. The van der Waals surface area contributed by atoms with E-state index in [-0.39, 0.29) is 27.9 Å². The van der Waals surface area contributed by atoms with E-state index in [9.17, 15) is 23.1 Å². The Kier molecular flexibility index (Phi) is 6.65. The molecule has 0 unspecified atom stereocenters.